The van der Waals surface area contributed by atoms with Gasteiger partial charge in [0.2, 0.25) is 10.0 Å². The first kappa shape index (κ1) is 21.8. The Labute approximate surface area is 176 Å². The largest absolute Gasteiger partial charge is 0.390 e. The summed E-state index contributed by atoms with van der Waals surface area (Å²) in [7, 11) is -3.74. The van der Waals surface area contributed by atoms with Crippen LogP contribution in [0.4, 0.5) is 5.82 Å². The van der Waals surface area contributed by atoms with Crippen molar-refractivity contribution in [1.82, 2.24) is 19.7 Å². The van der Waals surface area contributed by atoms with Crippen molar-refractivity contribution in [3.63, 3.8) is 0 Å². The predicted octanol–water partition coefficient (Wildman–Crippen LogP) is 2.54. The fourth-order valence-electron chi connectivity index (χ4n) is 2.86. The highest BCUT2D eigenvalue weighted by atomic mass is 32.2. The molecule has 0 amide bonds. The number of sulfonamides is 1. The van der Waals surface area contributed by atoms with E-state index in [1.807, 2.05) is 13.0 Å². The minimum Gasteiger partial charge on any atom is -0.390 e. The molecule has 2 heterocycles. The van der Waals surface area contributed by atoms with Crippen LogP contribution in [0.15, 0.2) is 53.8 Å². The van der Waals surface area contributed by atoms with E-state index in [-0.39, 0.29) is 17.3 Å². The summed E-state index contributed by atoms with van der Waals surface area (Å²) in [6, 6.07) is 8.44. The number of hydrogen-bond donors (Lipinski definition) is 3. The Balaban J connectivity index is 1.96. The molecule has 0 aliphatic heterocycles. The molecule has 2 aromatic heterocycles. The van der Waals surface area contributed by atoms with Crippen molar-refractivity contribution >= 4 is 15.8 Å². The highest BCUT2D eigenvalue weighted by Crippen LogP contribution is 2.29. The van der Waals surface area contributed by atoms with Crippen LogP contribution in [0, 0.1) is 6.92 Å². The van der Waals surface area contributed by atoms with E-state index in [4.69, 9.17) is 5.73 Å². The third-order valence-electron chi connectivity index (χ3n) is 4.56. The number of nitrogen functional groups attached to an aromatic ring is 1. The third-order valence-corrected chi connectivity index (χ3v) is 6.02. The molecule has 0 bridgehead atoms. The smallest absolute Gasteiger partial charge is 0.240 e. The molecule has 0 unspecified atom stereocenters. The van der Waals surface area contributed by atoms with Gasteiger partial charge in [0, 0.05) is 30.1 Å². The number of aliphatic hydroxyl groups is 1. The zero-order valence-corrected chi connectivity index (χ0v) is 17.9. The van der Waals surface area contributed by atoms with Gasteiger partial charge in [0.05, 0.1) is 22.4 Å². The minimum absolute atomic E-state index is 0.111. The number of aromatic nitrogens is 3. The van der Waals surface area contributed by atoms with Crippen LogP contribution in [0.2, 0.25) is 0 Å². The van der Waals surface area contributed by atoms with Gasteiger partial charge < -0.3 is 10.8 Å². The highest BCUT2D eigenvalue weighted by Gasteiger charge is 2.19. The van der Waals surface area contributed by atoms with Crippen LogP contribution < -0.4 is 10.5 Å². The first-order valence-corrected chi connectivity index (χ1v) is 10.9. The van der Waals surface area contributed by atoms with Crippen LogP contribution in [-0.2, 0) is 10.0 Å². The second-order valence-electron chi connectivity index (χ2n) is 7.67. The third kappa shape index (κ3) is 5.18. The first-order valence-electron chi connectivity index (χ1n) is 9.43. The second kappa shape index (κ2) is 8.47. The standard InChI is InChI=1S/C21H25N5O3S/c1-14-6-7-16(30(28,29)25-10-8-21(2,3)27)11-17(14)18-13-24-20(22)19(26-18)15-5-4-9-23-12-15/h4-7,9,11-13,25,27H,8,10H2,1-3H3,(H2,22,24). The van der Waals surface area contributed by atoms with Crippen LogP contribution in [0.1, 0.15) is 25.8 Å². The maximum atomic E-state index is 12.7. The van der Waals surface area contributed by atoms with E-state index in [1.54, 1.807) is 44.4 Å². The van der Waals surface area contributed by atoms with Gasteiger partial charge in [-0.3, -0.25) is 4.98 Å². The summed E-state index contributed by atoms with van der Waals surface area (Å²) in [6.45, 7) is 5.26. The van der Waals surface area contributed by atoms with Crippen molar-refractivity contribution in [2.45, 2.75) is 37.7 Å². The van der Waals surface area contributed by atoms with Crippen molar-refractivity contribution in [3.8, 4) is 22.5 Å². The number of anilines is 1. The fourth-order valence-corrected chi connectivity index (χ4v) is 3.92. The van der Waals surface area contributed by atoms with E-state index in [0.29, 0.717) is 23.4 Å². The number of pyridine rings is 1. The number of nitrogens with one attached hydrogen (secondary N) is 1. The summed E-state index contributed by atoms with van der Waals surface area (Å²) in [6.07, 6.45) is 5.11. The van der Waals surface area contributed by atoms with Crippen LogP contribution in [0.5, 0.6) is 0 Å². The molecule has 0 saturated carbocycles. The first-order chi connectivity index (χ1) is 14.1. The average Bonchev–Trinajstić information content (AvgIpc) is 2.68. The maximum Gasteiger partial charge on any atom is 0.240 e. The number of nitrogens with zero attached hydrogens (tertiary/aromatic N) is 3. The Morgan fingerprint density at radius 1 is 1.20 bits per heavy atom. The molecule has 0 atom stereocenters. The van der Waals surface area contributed by atoms with E-state index in [1.165, 1.54) is 12.3 Å². The Bertz CT molecular complexity index is 1140. The lowest BCUT2D eigenvalue weighted by molar-refractivity contribution is 0.0728. The van der Waals surface area contributed by atoms with Crippen molar-refractivity contribution in [1.29, 1.82) is 0 Å². The van der Waals surface area contributed by atoms with Crippen molar-refractivity contribution in [3.05, 3.63) is 54.5 Å². The van der Waals surface area contributed by atoms with Gasteiger partial charge in [-0.05, 0) is 57.0 Å². The van der Waals surface area contributed by atoms with Gasteiger partial charge in [0.15, 0.2) is 0 Å². The lowest BCUT2D eigenvalue weighted by Gasteiger charge is -2.17. The topological polar surface area (TPSA) is 131 Å². The molecule has 0 radical (unpaired) electrons. The van der Waals surface area contributed by atoms with Crippen LogP contribution in [0.25, 0.3) is 22.5 Å². The van der Waals surface area contributed by atoms with Gasteiger partial charge in [0.1, 0.15) is 11.5 Å². The normalized spacial score (nSPS) is 12.1. The zero-order valence-electron chi connectivity index (χ0n) is 17.1. The Morgan fingerprint density at radius 2 is 1.97 bits per heavy atom. The van der Waals surface area contributed by atoms with Gasteiger partial charge in [0.25, 0.3) is 0 Å². The van der Waals surface area contributed by atoms with Crippen LogP contribution in [0.3, 0.4) is 0 Å². The number of hydrogen-bond acceptors (Lipinski definition) is 7. The Kier molecular flexibility index (Phi) is 6.16. The number of nitrogens with two attached hydrogens (primary N) is 1. The van der Waals surface area contributed by atoms with E-state index in [9.17, 15) is 13.5 Å². The molecule has 0 fully saturated rings. The molecule has 3 rings (SSSR count). The SMILES string of the molecule is Cc1ccc(S(=O)(=O)NCCC(C)(C)O)cc1-c1cnc(N)c(-c2cccnc2)n1. The van der Waals surface area contributed by atoms with Crippen molar-refractivity contribution in [2.75, 3.05) is 12.3 Å². The van der Waals surface area contributed by atoms with Crippen LogP contribution >= 0.6 is 0 Å². The summed E-state index contributed by atoms with van der Waals surface area (Å²) >= 11 is 0. The molecule has 9 heteroatoms. The highest BCUT2D eigenvalue weighted by molar-refractivity contribution is 7.89. The van der Waals surface area contributed by atoms with Gasteiger partial charge in [-0.15, -0.1) is 0 Å². The number of aryl methyl sites for hydroxylation is 1. The molecular formula is C21H25N5O3S. The van der Waals surface area contributed by atoms with Gasteiger partial charge in [-0.25, -0.2) is 23.1 Å². The van der Waals surface area contributed by atoms with Gasteiger partial charge in [-0.1, -0.05) is 6.07 Å². The lowest BCUT2D eigenvalue weighted by Crippen LogP contribution is -2.30. The summed E-state index contributed by atoms with van der Waals surface area (Å²) in [5.41, 5.74) is 8.24. The molecule has 0 aliphatic rings. The molecule has 158 valence electrons. The number of rotatable bonds is 7. The molecule has 0 aliphatic carbocycles. The summed E-state index contributed by atoms with van der Waals surface area (Å²) in [5, 5.41) is 9.79. The maximum absolute atomic E-state index is 12.7. The van der Waals surface area contributed by atoms with Crippen LogP contribution in [-0.4, -0.2) is 40.6 Å². The number of benzene rings is 1. The predicted molar refractivity (Wildman–Crippen MR) is 116 cm³/mol. The summed E-state index contributed by atoms with van der Waals surface area (Å²) in [5.74, 6) is 0.265. The average molecular weight is 428 g/mol. The second-order valence-corrected chi connectivity index (χ2v) is 9.43. The zero-order chi connectivity index (χ0) is 21.9. The Morgan fingerprint density at radius 3 is 2.63 bits per heavy atom. The molecular weight excluding hydrogens is 402 g/mol. The van der Waals surface area contributed by atoms with Crippen molar-refractivity contribution in [2.24, 2.45) is 0 Å². The van der Waals surface area contributed by atoms with E-state index >= 15 is 0 Å². The molecule has 4 N–H and O–H groups in total. The monoisotopic (exact) mass is 427 g/mol. The molecule has 0 saturated heterocycles. The molecule has 0 spiro atoms. The molecule has 8 nitrogen and oxygen atoms in total. The van der Waals surface area contributed by atoms with Gasteiger partial charge >= 0.3 is 0 Å². The molecule has 30 heavy (non-hydrogen) atoms. The summed E-state index contributed by atoms with van der Waals surface area (Å²) in [4.78, 5) is 13.0. The van der Waals surface area contributed by atoms with Crippen molar-refractivity contribution < 1.29 is 13.5 Å². The minimum atomic E-state index is -3.74. The van der Waals surface area contributed by atoms with E-state index < -0.39 is 15.6 Å². The quantitative estimate of drug-likeness (QED) is 0.528. The van der Waals surface area contributed by atoms with E-state index in [2.05, 4.69) is 19.7 Å². The molecule has 3 aromatic rings. The Hall–Kier alpha value is -2.88. The van der Waals surface area contributed by atoms with Gasteiger partial charge in [-0.2, -0.15) is 0 Å². The fraction of sp³-hybridized carbons (Fsp3) is 0.286. The molecule has 1 aromatic carbocycles. The summed E-state index contributed by atoms with van der Waals surface area (Å²) < 4.78 is 27.9. The lowest BCUT2D eigenvalue weighted by atomic mass is 10.1. The van der Waals surface area contributed by atoms with E-state index in [0.717, 1.165) is 11.1 Å².